The van der Waals surface area contributed by atoms with Gasteiger partial charge in [-0.25, -0.2) is 9.97 Å². The van der Waals surface area contributed by atoms with Gasteiger partial charge in [0.25, 0.3) is 0 Å². The average Bonchev–Trinajstić information content (AvgIpc) is 2.26. The van der Waals surface area contributed by atoms with Crippen molar-refractivity contribution in [3.63, 3.8) is 0 Å². The predicted molar refractivity (Wildman–Crippen MR) is 64.2 cm³/mol. The highest BCUT2D eigenvalue weighted by Gasteiger charge is 2.02. The monoisotopic (exact) mass is 208 g/mol. The molecule has 0 saturated carbocycles. The Morgan fingerprint density at radius 2 is 2.07 bits per heavy atom. The van der Waals surface area contributed by atoms with Crippen LogP contribution in [-0.2, 0) is 0 Å². The van der Waals surface area contributed by atoms with E-state index in [9.17, 15) is 0 Å². The molecule has 15 heavy (non-hydrogen) atoms. The second kappa shape index (κ2) is 6.22. The van der Waals surface area contributed by atoms with Crippen molar-refractivity contribution in [1.29, 1.82) is 0 Å². The largest absolute Gasteiger partial charge is 0.373 e. The van der Waals surface area contributed by atoms with Crippen LogP contribution in [0.15, 0.2) is 12.4 Å². The molecule has 0 fully saturated rings. The summed E-state index contributed by atoms with van der Waals surface area (Å²) < 4.78 is 0. The average molecular weight is 208 g/mol. The summed E-state index contributed by atoms with van der Waals surface area (Å²) in [6, 6.07) is 2.38. The lowest BCUT2D eigenvalue weighted by molar-refractivity contribution is 0.643. The zero-order valence-electron chi connectivity index (χ0n) is 9.75. The minimum atomic E-state index is 0.463. The minimum Gasteiger partial charge on any atom is -0.373 e. The van der Waals surface area contributed by atoms with Gasteiger partial charge in [-0.1, -0.05) is 19.8 Å². The molecule has 1 aromatic heterocycles. The van der Waals surface area contributed by atoms with Crippen molar-refractivity contribution in [3.05, 3.63) is 12.4 Å². The van der Waals surface area contributed by atoms with E-state index in [2.05, 4.69) is 34.4 Å². The Labute approximate surface area is 91.5 Å². The molecule has 0 aliphatic rings. The zero-order chi connectivity index (χ0) is 11.1. The lowest BCUT2D eigenvalue weighted by Gasteiger charge is -2.14. The van der Waals surface area contributed by atoms with Gasteiger partial charge in [-0.05, 0) is 13.3 Å². The molecule has 1 aromatic rings. The summed E-state index contributed by atoms with van der Waals surface area (Å²) in [5.74, 6) is 1.73. The Kier molecular flexibility index (Phi) is 4.87. The highest BCUT2D eigenvalue weighted by Crippen LogP contribution is 2.11. The first-order valence-corrected chi connectivity index (χ1v) is 5.52. The molecular formula is C11H20N4. The van der Waals surface area contributed by atoms with E-state index < -0.39 is 0 Å². The van der Waals surface area contributed by atoms with E-state index in [1.54, 1.807) is 6.33 Å². The van der Waals surface area contributed by atoms with Crippen molar-refractivity contribution in [2.45, 2.75) is 39.2 Å². The number of nitrogens with zero attached hydrogens (tertiary/aromatic N) is 2. The van der Waals surface area contributed by atoms with Crippen molar-refractivity contribution in [2.75, 3.05) is 17.7 Å². The van der Waals surface area contributed by atoms with Crippen molar-refractivity contribution >= 4 is 11.6 Å². The van der Waals surface area contributed by atoms with Crippen molar-refractivity contribution < 1.29 is 0 Å². The topological polar surface area (TPSA) is 49.8 Å². The molecule has 0 aliphatic heterocycles. The summed E-state index contributed by atoms with van der Waals surface area (Å²) >= 11 is 0. The van der Waals surface area contributed by atoms with Crippen LogP contribution in [0.5, 0.6) is 0 Å². The van der Waals surface area contributed by atoms with Crippen LogP contribution in [0.1, 0.15) is 33.1 Å². The van der Waals surface area contributed by atoms with Gasteiger partial charge < -0.3 is 10.6 Å². The van der Waals surface area contributed by atoms with Gasteiger partial charge in [0.1, 0.15) is 18.0 Å². The van der Waals surface area contributed by atoms with E-state index in [-0.39, 0.29) is 0 Å². The maximum Gasteiger partial charge on any atom is 0.131 e. The molecule has 0 amide bonds. The molecule has 84 valence electrons. The molecule has 1 heterocycles. The molecular weight excluding hydrogens is 188 g/mol. The number of anilines is 2. The van der Waals surface area contributed by atoms with E-state index in [0.717, 1.165) is 11.6 Å². The van der Waals surface area contributed by atoms with Crippen molar-refractivity contribution in [3.8, 4) is 0 Å². The summed E-state index contributed by atoms with van der Waals surface area (Å²) in [6.45, 7) is 4.38. The first-order chi connectivity index (χ1) is 7.26. The first-order valence-electron chi connectivity index (χ1n) is 5.52. The number of nitrogens with one attached hydrogen (secondary N) is 2. The number of rotatable bonds is 6. The maximum atomic E-state index is 4.17. The fourth-order valence-corrected chi connectivity index (χ4v) is 1.41. The Morgan fingerprint density at radius 1 is 1.33 bits per heavy atom. The Hall–Kier alpha value is -1.32. The van der Waals surface area contributed by atoms with Crippen LogP contribution < -0.4 is 10.6 Å². The molecule has 4 heteroatoms. The van der Waals surface area contributed by atoms with Crippen LogP contribution in [0, 0.1) is 0 Å². The standard InChI is InChI=1S/C11H20N4/c1-4-5-6-9(2)15-11-7-10(12-3)13-8-14-11/h7-9H,4-6H2,1-3H3,(H2,12,13,14,15). The maximum absolute atomic E-state index is 4.17. The Bertz CT molecular complexity index is 288. The van der Waals surface area contributed by atoms with Gasteiger partial charge in [0, 0.05) is 19.2 Å². The molecule has 0 spiro atoms. The summed E-state index contributed by atoms with van der Waals surface area (Å²) in [7, 11) is 1.85. The van der Waals surface area contributed by atoms with Gasteiger partial charge in [-0.3, -0.25) is 0 Å². The van der Waals surface area contributed by atoms with Gasteiger partial charge in [0.15, 0.2) is 0 Å². The number of hydrogen-bond donors (Lipinski definition) is 2. The summed E-state index contributed by atoms with van der Waals surface area (Å²) in [5.41, 5.74) is 0. The predicted octanol–water partition coefficient (Wildman–Crippen LogP) is 2.51. The van der Waals surface area contributed by atoms with E-state index in [4.69, 9.17) is 0 Å². The van der Waals surface area contributed by atoms with Gasteiger partial charge in [-0.2, -0.15) is 0 Å². The van der Waals surface area contributed by atoms with Crippen LogP contribution in [0.25, 0.3) is 0 Å². The fraction of sp³-hybridized carbons (Fsp3) is 0.636. The van der Waals surface area contributed by atoms with E-state index in [1.165, 1.54) is 19.3 Å². The Balaban J connectivity index is 2.48. The van der Waals surface area contributed by atoms with E-state index >= 15 is 0 Å². The smallest absolute Gasteiger partial charge is 0.131 e. The fourth-order valence-electron chi connectivity index (χ4n) is 1.41. The highest BCUT2D eigenvalue weighted by molar-refractivity contribution is 5.46. The van der Waals surface area contributed by atoms with Gasteiger partial charge in [-0.15, -0.1) is 0 Å². The second-order valence-electron chi connectivity index (χ2n) is 3.73. The summed E-state index contributed by atoms with van der Waals surface area (Å²) in [5, 5.41) is 6.35. The molecule has 0 aromatic carbocycles. The number of aromatic nitrogens is 2. The molecule has 0 aliphatic carbocycles. The van der Waals surface area contributed by atoms with E-state index in [1.807, 2.05) is 13.1 Å². The van der Waals surface area contributed by atoms with Crippen LogP contribution in [-0.4, -0.2) is 23.1 Å². The summed E-state index contributed by atoms with van der Waals surface area (Å²) in [4.78, 5) is 8.24. The molecule has 0 radical (unpaired) electrons. The van der Waals surface area contributed by atoms with E-state index in [0.29, 0.717) is 6.04 Å². The molecule has 1 atom stereocenters. The van der Waals surface area contributed by atoms with Gasteiger partial charge in [0.2, 0.25) is 0 Å². The molecule has 1 rings (SSSR count). The molecule has 1 unspecified atom stereocenters. The SMILES string of the molecule is CCCCC(C)Nc1cc(NC)ncn1. The number of hydrogen-bond acceptors (Lipinski definition) is 4. The first kappa shape index (κ1) is 11.8. The third-order valence-corrected chi connectivity index (χ3v) is 2.31. The lowest BCUT2D eigenvalue weighted by atomic mass is 10.1. The van der Waals surface area contributed by atoms with Crippen molar-refractivity contribution in [2.24, 2.45) is 0 Å². The van der Waals surface area contributed by atoms with Crippen molar-refractivity contribution in [1.82, 2.24) is 9.97 Å². The van der Waals surface area contributed by atoms with Gasteiger partial charge >= 0.3 is 0 Å². The molecule has 2 N–H and O–H groups in total. The third kappa shape index (κ3) is 4.14. The molecule has 0 bridgehead atoms. The zero-order valence-corrected chi connectivity index (χ0v) is 9.75. The lowest BCUT2D eigenvalue weighted by Crippen LogP contribution is -2.16. The minimum absolute atomic E-state index is 0.463. The second-order valence-corrected chi connectivity index (χ2v) is 3.73. The van der Waals surface area contributed by atoms with Crippen LogP contribution in [0.2, 0.25) is 0 Å². The van der Waals surface area contributed by atoms with Crippen LogP contribution >= 0.6 is 0 Å². The molecule has 4 nitrogen and oxygen atoms in total. The number of unbranched alkanes of at least 4 members (excludes halogenated alkanes) is 1. The normalized spacial score (nSPS) is 12.2. The van der Waals surface area contributed by atoms with Crippen LogP contribution in [0.3, 0.4) is 0 Å². The van der Waals surface area contributed by atoms with Gasteiger partial charge in [0.05, 0.1) is 0 Å². The molecule has 0 saturated heterocycles. The summed E-state index contributed by atoms with van der Waals surface area (Å²) in [6.07, 6.45) is 5.23. The Morgan fingerprint density at radius 3 is 2.73 bits per heavy atom. The third-order valence-electron chi connectivity index (χ3n) is 2.31. The van der Waals surface area contributed by atoms with Crippen LogP contribution in [0.4, 0.5) is 11.6 Å². The highest BCUT2D eigenvalue weighted by atomic mass is 15.1. The quantitative estimate of drug-likeness (QED) is 0.754.